The third-order valence-corrected chi connectivity index (χ3v) is 6.13. The summed E-state index contributed by atoms with van der Waals surface area (Å²) in [6.07, 6.45) is 3.22. The first-order valence-electron chi connectivity index (χ1n) is 12.4. The summed E-state index contributed by atoms with van der Waals surface area (Å²) in [4.78, 5) is 63.7. The van der Waals surface area contributed by atoms with Crippen LogP contribution in [-0.4, -0.2) is 60.2 Å². The summed E-state index contributed by atoms with van der Waals surface area (Å²) in [7, 11) is 1.42. The molecule has 0 aromatic carbocycles. The first kappa shape index (κ1) is 30.9. The first-order chi connectivity index (χ1) is 16.7. The molecular formula is C26H42N4O6. The van der Waals surface area contributed by atoms with Crippen molar-refractivity contribution in [2.75, 3.05) is 13.6 Å². The van der Waals surface area contributed by atoms with Gasteiger partial charge in [-0.25, -0.2) is 4.79 Å². The Labute approximate surface area is 214 Å². The summed E-state index contributed by atoms with van der Waals surface area (Å²) in [6.45, 7) is 13.4. The van der Waals surface area contributed by atoms with E-state index in [0.717, 1.165) is 11.3 Å². The molecule has 202 valence electrons. The fourth-order valence-corrected chi connectivity index (χ4v) is 4.43. The zero-order valence-electron chi connectivity index (χ0n) is 22.3. The van der Waals surface area contributed by atoms with Gasteiger partial charge in [-0.2, -0.15) is 0 Å². The van der Waals surface area contributed by atoms with E-state index in [4.69, 9.17) is 10.5 Å². The molecule has 0 saturated heterocycles. The van der Waals surface area contributed by atoms with Gasteiger partial charge in [0.1, 0.15) is 12.1 Å². The summed E-state index contributed by atoms with van der Waals surface area (Å²) in [5.41, 5.74) is 5.45. The number of primary amides is 1. The van der Waals surface area contributed by atoms with Gasteiger partial charge < -0.3 is 26.0 Å². The van der Waals surface area contributed by atoms with Crippen LogP contribution in [0.4, 0.5) is 0 Å². The molecule has 0 spiro atoms. The Balaban J connectivity index is 3.33. The van der Waals surface area contributed by atoms with Crippen LogP contribution < -0.4 is 16.4 Å². The number of likely N-dealkylation sites (N-methyl/N-ethyl adjacent to an activating group) is 1. The number of hydrogen-bond donors (Lipinski definition) is 3. The Morgan fingerprint density at radius 1 is 1.17 bits per heavy atom. The number of allylic oxidation sites excluding steroid dienone is 1. The van der Waals surface area contributed by atoms with Gasteiger partial charge in [-0.3, -0.25) is 19.2 Å². The van der Waals surface area contributed by atoms with Gasteiger partial charge in [0.15, 0.2) is 0 Å². The van der Waals surface area contributed by atoms with E-state index in [-0.39, 0.29) is 31.0 Å². The van der Waals surface area contributed by atoms with Gasteiger partial charge in [-0.15, -0.1) is 0 Å². The summed E-state index contributed by atoms with van der Waals surface area (Å²) in [5.74, 6) is -3.02. The third kappa shape index (κ3) is 10.6. The molecule has 0 bridgehead atoms. The second kappa shape index (κ2) is 14.4. The smallest absolute Gasteiger partial charge is 0.328 e. The summed E-state index contributed by atoms with van der Waals surface area (Å²) in [6, 6.07) is -1.16. The standard InChI is InChI=1S/C26H42N4O6/c1-15(2)12-16(3)13-17(4)24-19(6)25(34)28-18(5)8-11-23(33)30(7)14-22(32)29-20(26(35)36-24)9-10-21(27)31/h8,11,15-17,19-20,24H,5,9-10,12-14H2,1-4,6-7H3,(H2,27,31)(H,28,34)(H,29,32)/b11-8+/t16-,17-,19+,20+,24+/m0/s1. The predicted molar refractivity (Wildman–Crippen MR) is 136 cm³/mol. The molecule has 0 aromatic rings. The second-order valence-corrected chi connectivity index (χ2v) is 10.3. The highest BCUT2D eigenvalue weighted by molar-refractivity contribution is 5.93. The molecule has 1 aliphatic heterocycles. The molecule has 0 radical (unpaired) electrons. The SMILES string of the molecule is C=C1/C=C/C(=O)N(C)CC(=O)N[C@H](CCC(N)=O)C(=O)O[C@H]([C@@H](C)C[C@@H](C)CC(C)C)[C@@H](C)C(=O)N1. The second-order valence-electron chi connectivity index (χ2n) is 10.3. The maximum atomic E-state index is 13.2. The molecule has 4 N–H and O–H groups in total. The zero-order chi connectivity index (χ0) is 27.6. The monoisotopic (exact) mass is 506 g/mol. The van der Waals surface area contributed by atoms with Crippen molar-refractivity contribution in [2.45, 2.75) is 72.4 Å². The van der Waals surface area contributed by atoms with Crippen LogP contribution in [0.2, 0.25) is 0 Å². The van der Waals surface area contributed by atoms with Gasteiger partial charge in [-0.05, 0) is 43.1 Å². The van der Waals surface area contributed by atoms with Crippen molar-refractivity contribution in [3.8, 4) is 0 Å². The highest BCUT2D eigenvalue weighted by atomic mass is 16.5. The summed E-state index contributed by atoms with van der Waals surface area (Å²) < 4.78 is 5.86. The molecule has 36 heavy (non-hydrogen) atoms. The zero-order valence-corrected chi connectivity index (χ0v) is 22.3. The molecule has 1 heterocycles. The lowest BCUT2D eigenvalue weighted by Gasteiger charge is -2.32. The van der Waals surface area contributed by atoms with E-state index < -0.39 is 47.7 Å². The molecule has 10 nitrogen and oxygen atoms in total. The number of nitrogens with two attached hydrogens (primary N) is 1. The number of esters is 1. The van der Waals surface area contributed by atoms with Gasteiger partial charge in [0, 0.05) is 25.2 Å². The van der Waals surface area contributed by atoms with Crippen molar-refractivity contribution in [2.24, 2.45) is 29.4 Å². The molecule has 10 heteroatoms. The average molecular weight is 507 g/mol. The van der Waals surface area contributed by atoms with Crippen LogP contribution >= 0.6 is 0 Å². The van der Waals surface area contributed by atoms with Crippen molar-refractivity contribution >= 4 is 29.6 Å². The molecule has 0 aromatic heterocycles. The number of nitrogens with one attached hydrogen (secondary N) is 2. The van der Waals surface area contributed by atoms with Crippen molar-refractivity contribution in [3.05, 3.63) is 24.4 Å². The van der Waals surface area contributed by atoms with Crippen LogP contribution in [0.1, 0.15) is 60.3 Å². The number of carbonyl (C=O) groups excluding carboxylic acids is 5. The highest BCUT2D eigenvalue weighted by Gasteiger charge is 2.35. The minimum absolute atomic E-state index is 0.0697. The van der Waals surface area contributed by atoms with E-state index in [1.54, 1.807) is 6.92 Å². The molecule has 0 fully saturated rings. The lowest BCUT2D eigenvalue weighted by atomic mass is 9.83. The maximum Gasteiger partial charge on any atom is 0.328 e. The number of amides is 4. The summed E-state index contributed by atoms with van der Waals surface area (Å²) >= 11 is 0. The molecule has 0 aliphatic carbocycles. The van der Waals surface area contributed by atoms with Crippen molar-refractivity contribution in [1.82, 2.24) is 15.5 Å². The van der Waals surface area contributed by atoms with Gasteiger partial charge in [0.2, 0.25) is 23.6 Å². The largest absolute Gasteiger partial charge is 0.460 e. The number of nitrogens with zero attached hydrogens (tertiary/aromatic N) is 1. The Hall–Kier alpha value is -3.17. The van der Waals surface area contributed by atoms with Gasteiger partial charge >= 0.3 is 5.97 Å². The molecule has 0 unspecified atom stereocenters. The number of rotatable bonds is 8. The minimum atomic E-state index is -1.16. The van der Waals surface area contributed by atoms with Crippen molar-refractivity contribution in [3.63, 3.8) is 0 Å². The van der Waals surface area contributed by atoms with Crippen LogP contribution in [-0.2, 0) is 28.7 Å². The molecular weight excluding hydrogens is 464 g/mol. The molecule has 4 amide bonds. The Kier molecular flexibility index (Phi) is 12.3. The van der Waals surface area contributed by atoms with Gasteiger partial charge in [-0.1, -0.05) is 41.2 Å². The Bertz CT molecular complexity index is 868. The van der Waals surface area contributed by atoms with E-state index in [2.05, 4.69) is 38.0 Å². The fourth-order valence-electron chi connectivity index (χ4n) is 4.43. The normalized spacial score (nSPS) is 25.2. The quantitative estimate of drug-likeness (QED) is 0.426. The molecule has 0 saturated carbocycles. The van der Waals surface area contributed by atoms with Crippen molar-refractivity contribution in [1.29, 1.82) is 0 Å². The summed E-state index contributed by atoms with van der Waals surface area (Å²) in [5, 5.41) is 5.20. The van der Waals surface area contributed by atoms with E-state index in [1.165, 1.54) is 19.2 Å². The number of carbonyl (C=O) groups is 5. The van der Waals surface area contributed by atoms with Crippen LogP contribution in [0.25, 0.3) is 0 Å². The predicted octanol–water partition coefficient (Wildman–Crippen LogP) is 1.65. The van der Waals surface area contributed by atoms with E-state index in [9.17, 15) is 24.0 Å². The highest BCUT2D eigenvalue weighted by Crippen LogP contribution is 2.27. The lowest BCUT2D eigenvalue weighted by molar-refractivity contribution is -0.161. The maximum absolute atomic E-state index is 13.2. The minimum Gasteiger partial charge on any atom is -0.460 e. The Morgan fingerprint density at radius 3 is 2.39 bits per heavy atom. The molecule has 1 rings (SSSR count). The van der Waals surface area contributed by atoms with E-state index in [0.29, 0.717) is 18.3 Å². The molecule has 5 atom stereocenters. The number of ether oxygens (including phenoxy) is 1. The van der Waals surface area contributed by atoms with E-state index >= 15 is 0 Å². The Morgan fingerprint density at radius 2 is 1.81 bits per heavy atom. The topological polar surface area (TPSA) is 148 Å². The average Bonchev–Trinajstić information content (AvgIpc) is 2.76. The van der Waals surface area contributed by atoms with Crippen LogP contribution in [0.3, 0.4) is 0 Å². The molecule has 1 aliphatic rings. The van der Waals surface area contributed by atoms with Crippen molar-refractivity contribution < 1.29 is 28.7 Å². The van der Waals surface area contributed by atoms with E-state index in [1.807, 2.05) is 6.92 Å². The van der Waals surface area contributed by atoms with Crippen LogP contribution in [0, 0.1) is 23.7 Å². The number of cyclic esters (lactones) is 1. The third-order valence-electron chi connectivity index (χ3n) is 6.13. The number of hydrogen-bond acceptors (Lipinski definition) is 6. The fraction of sp³-hybridized carbons (Fsp3) is 0.654. The van der Waals surface area contributed by atoms with Gasteiger partial charge in [0.25, 0.3) is 0 Å². The van der Waals surface area contributed by atoms with Gasteiger partial charge in [0.05, 0.1) is 12.5 Å². The lowest BCUT2D eigenvalue weighted by Crippen LogP contribution is -2.49. The van der Waals surface area contributed by atoms with Crippen LogP contribution in [0.5, 0.6) is 0 Å². The van der Waals surface area contributed by atoms with Crippen LogP contribution in [0.15, 0.2) is 24.4 Å². The first-order valence-corrected chi connectivity index (χ1v) is 12.4.